The Hall–Kier alpha value is -0.540. The van der Waals surface area contributed by atoms with Gasteiger partial charge in [-0.1, -0.05) is 19.9 Å². The van der Waals surface area contributed by atoms with Crippen LogP contribution in [0.2, 0.25) is 0 Å². The van der Waals surface area contributed by atoms with E-state index in [-0.39, 0.29) is 5.75 Å². The lowest BCUT2D eigenvalue weighted by atomic mass is 9.86. The monoisotopic (exact) mass is 271 g/mol. The fourth-order valence-corrected chi connectivity index (χ4v) is 2.21. The molecule has 1 unspecified atom stereocenters. The number of hydrogen-bond donors (Lipinski definition) is 2. The number of phenols is 1. The number of rotatable bonds is 4. The third-order valence-electron chi connectivity index (χ3n) is 2.68. The quantitative estimate of drug-likeness (QED) is 0.883. The summed E-state index contributed by atoms with van der Waals surface area (Å²) in [5, 5.41) is 9.42. The molecule has 0 aliphatic heterocycles. The lowest BCUT2D eigenvalue weighted by molar-refractivity contribution is 0.462. The predicted octanol–water partition coefficient (Wildman–Crippen LogP) is 3.24. The van der Waals surface area contributed by atoms with E-state index in [4.69, 9.17) is 5.73 Å². The molecular formula is C12H18BrNO. The summed E-state index contributed by atoms with van der Waals surface area (Å²) in [6.07, 6.45) is 0.981. The molecule has 0 amide bonds. The Morgan fingerprint density at radius 1 is 1.40 bits per heavy atom. The molecule has 0 bridgehead atoms. The summed E-state index contributed by atoms with van der Waals surface area (Å²) in [4.78, 5) is 0. The van der Waals surface area contributed by atoms with Gasteiger partial charge in [0, 0.05) is 0 Å². The van der Waals surface area contributed by atoms with Crippen molar-refractivity contribution in [3.8, 4) is 5.75 Å². The first-order valence-corrected chi connectivity index (χ1v) is 6.04. The molecule has 0 aliphatic rings. The molecule has 0 spiro atoms. The van der Waals surface area contributed by atoms with Gasteiger partial charge in [-0.3, -0.25) is 0 Å². The van der Waals surface area contributed by atoms with Gasteiger partial charge in [-0.15, -0.1) is 0 Å². The molecule has 0 aliphatic carbocycles. The summed E-state index contributed by atoms with van der Waals surface area (Å²) in [7, 11) is 0. The Bertz CT molecular complexity index is 325. The average molecular weight is 272 g/mol. The molecule has 3 N–H and O–H groups in total. The maximum atomic E-state index is 9.42. The van der Waals surface area contributed by atoms with Gasteiger partial charge in [0.2, 0.25) is 0 Å². The van der Waals surface area contributed by atoms with Gasteiger partial charge in [-0.25, -0.2) is 0 Å². The van der Waals surface area contributed by atoms with Crippen LogP contribution in [-0.2, 0) is 0 Å². The van der Waals surface area contributed by atoms with E-state index in [1.807, 2.05) is 12.1 Å². The van der Waals surface area contributed by atoms with Gasteiger partial charge in [0.05, 0.1) is 4.47 Å². The first-order valence-electron chi connectivity index (χ1n) is 5.24. The summed E-state index contributed by atoms with van der Waals surface area (Å²) >= 11 is 3.33. The Morgan fingerprint density at radius 3 is 2.53 bits per heavy atom. The molecule has 84 valence electrons. The normalized spacial score (nSPS) is 13.1. The molecule has 0 aromatic heterocycles. The molecular weight excluding hydrogens is 254 g/mol. The molecule has 2 nitrogen and oxygen atoms in total. The van der Waals surface area contributed by atoms with Crippen LogP contribution in [-0.4, -0.2) is 11.7 Å². The highest BCUT2D eigenvalue weighted by Gasteiger charge is 2.15. The van der Waals surface area contributed by atoms with Crippen molar-refractivity contribution in [3.63, 3.8) is 0 Å². The van der Waals surface area contributed by atoms with E-state index in [2.05, 4.69) is 29.8 Å². The van der Waals surface area contributed by atoms with Crippen molar-refractivity contribution in [1.29, 1.82) is 0 Å². The summed E-state index contributed by atoms with van der Waals surface area (Å²) in [6, 6.07) is 5.68. The highest BCUT2D eigenvalue weighted by atomic mass is 79.9. The van der Waals surface area contributed by atoms with Crippen molar-refractivity contribution < 1.29 is 5.11 Å². The van der Waals surface area contributed by atoms with E-state index in [1.165, 1.54) is 5.56 Å². The van der Waals surface area contributed by atoms with Gasteiger partial charge in [0.1, 0.15) is 5.75 Å². The van der Waals surface area contributed by atoms with Crippen LogP contribution in [0.4, 0.5) is 0 Å². The highest BCUT2D eigenvalue weighted by Crippen LogP contribution is 2.32. The van der Waals surface area contributed by atoms with Crippen molar-refractivity contribution in [2.45, 2.75) is 26.2 Å². The molecule has 0 saturated carbocycles. The first-order chi connectivity index (χ1) is 7.06. The number of halogens is 1. The summed E-state index contributed by atoms with van der Waals surface area (Å²) in [5.74, 6) is 1.31. The fourth-order valence-electron chi connectivity index (χ4n) is 1.82. The van der Waals surface area contributed by atoms with Crippen LogP contribution < -0.4 is 5.73 Å². The highest BCUT2D eigenvalue weighted by molar-refractivity contribution is 9.10. The van der Waals surface area contributed by atoms with E-state index < -0.39 is 0 Å². The Labute approximate surface area is 99.6 Å². The van der Waals surface area contributed by atoms with Crippen LogP contribution in [0.5, 0.6) is 5.75 Å². The van der Waals surface area contributed by atoms with Gasteiger partial charge in [-0.05, 0) is 58.4 Å². The van der Waals surface area contributed by atoms with Crippen LogP contribution in [0.3, 0.4) is 0 Å². The summed E-state index contributed by atoms with van der Waals surface area (Å²) in [5.41, 5.74) is 6.85. The van der Waals surface area contributed by atoms with Crippen molar-refractivity contribution in [3.05, 3.63) is 28.2 Å². The van der Waals surface area contributed by atoms with Gasteiger partial charge < -0.3 is 10.8 Å². The minimum atomic E-state index is 0.286. The van der Waals surface area contributed by atoms with E-state index in [0.717, 1.165) is 10.9 Å². The molecule has 1 aromatic rings. The second kappa shape index (κ2) is 5.52. The minimum Gasteiger partial charge on any atom is -0.507 e. The number of hydrogen-bond acceptors (Lipinski definition) is 2. The van der Waals surface area contributed by atoms with Crippen LogP contribution in [0.25, 0.3) is 0 Å². The van der Waals surface area contributed by atoms with Crippen molar-refractivity contribution in [2.75, 3.05) is 6.54 Å². The molecule has 15 heavy (non-hydrogen) atoms. The molecule has 0 radical (unpaired) electrons. The van der Waals surface area contributed by atoms with Gasteiger partial charge in [-0.2, -0.15) is 0 Å². The number of aromatic hydroxyl groups is 1. The van der Waals surface area contributed by atoms with Gasteiger partial charge in [0.25, 0.3) is 0 Å². The first kappa shape index (κ1) is 12.5. The molecule has 0 saturated heterocycles. The zero-order valence-corrected chi connectivity index (χ0v) is 10.8. The second-order valence-electron chi connectivity index (χ2n) is 4.14. The van der Waals surface area contributed by atoms with Crippen molar-refractivity contribution in [1.82, 2.24) is 0 Å². The van der Waals surface area contributed by atoms with Gasteiger partial charge in [0.15, 0.2) is 0 Å². The second-order valence-corrected chi connectivity index (χ2v) is 4.99. The van der Waals surface area contributed by atoms with Crippen LogP contribution in [0.15, 0.2) is 22.7 Å². The molecule has 0 fully saturated rings. The largest absolute Gasteiger partial charge is 0.507 e. The van der Waals surface area contributed by atoms with E-state index in [9.17, 15) is 5.11 Å². The standard InChI is InChI=1S/C12H18BrNO/c1-8(2)10(5-6-14)9-3-4-12(15)11(13)7-9/h3-4,7-8,10,15H,5-6,14H2,1-2H3. The lowest BCUT2D eigenvalue weighted by Gasteiger charge is -2.21. The zero-order chi connectivity index (χ0) is 11.4. The molecule has 1 atom stereocenters. The Balaban J connectivity index is 2.95. The Kier molecular flexibility index (Phi) is 4.61. The fraction of sp³-hybridized carbons (Fsp3) is 0.500. The maximum absolute atomic E-state index is 9.42. The van der Waals surface area contributed by atoms with E-state index in [0.29, 0.717) is 18.4 Å². The number of phenolic OH excluding ortho intramolecular Hbond substituents is 1. The SMILES string of the molecule is CC(C)C(CCN)c1ccc(O)c(Br)c1. The third-order valence-corrected chi connectivity index (χ3v) is 3.32. The molecule has 3 heteroatoms. The number of benzene rings is 1. The molecule has 1 rings (SSSR count). The third kappa shape index (κ3) is 3.21. The van der Waals surface area contributed by atoms with Crippen LogP contribution >= 0.6 is 15.9 Å². The van der Waals surface area contributed by atoms with Crippen LogP contribution in [0, 0.1) is 5.92 Å². The van der Waals surface area contributed by atoms with Crippen molar-refractivity contribution in [2.24, 2.45) is 11.7 Å². The summed E-state index contributed by atoms with van der Waals surface area (Å²) in [6.45, 7) is 5.09. The Morgan fingerprint density at radius 2 is 2.07 bits per heavy atom. The average Bonchev–Trinajstić information content (AvgIpc) is 2.18. The number of nitrogens with two attached hydrogens (primary N) is 1. The zero-order valence-electron chi connectivity index (χ0n) is 9.20. The van der Waals surface area contributed by atoms with Gasteiger partial charge >= 0.3 is 0 Å². The molecule has 1 aromatic carbocycles. The van der Waals surface area contributed by atoms with E-state index >= 15 is 0 Å². The summed E-state index contributed by atoms with van der Waals surface area (Å²) < 4.78 is 0.752. The van der Waals surface area contributed by atoms with Crippen LogP contribution in [0.1, 0.15) is 31.7 Å². The predicted molar refractivity (Wildman–Crippen MR) is 67.1 cm³/mol. The van der Waals surface area contributed by atoms with Crippen molar-refractivity contribution >= 4 is 15.9 Å². The minimum absolute atomic E-state index is 0.286. The molecule has 0 heterocycles. The maximum Gasteiger partial charge on any atom is 0.129 e. The smallest absolute Gasteiger partial charge is 0.129 e. The lowest BCUT2D eigenvalue weighted by Crippen LogP contribution is -2.12. The topological polar surface area (TPSA) is 46.2 Å². The van der Waals surface area contributed by atoms with E-state index in [1.54, 1.807) is 6.07 Å².